The van der Waals surface area contributed by atoms with Crippen molar-refractivity contribution in [1.82, 2.24) is 14.9 Å². The average Bonchev–Trinajstić information content (AvgIpc) is 2.64. The van der Waals surface area contributed by atoms with Crippen LogP contribution < -0.4 is 11.1 Å². The average molecular weight is 341 g/mol. The fraction of sp³-hybridized carbons (Fsp3) is 0.294. The monoisotopic (exact) mass is 341 g/mol. The van der Waals surface area contributed by atoms with E-state index in [0.29, 0.717) is 24.5 Å². The summed E-state index contributed by atoms with van der Waals surface area (Å²) in [6.45, 7) is 0.634. The van der Waals surface area contributed by atoms with Gasteiger partial charge in [0.15, 0.2) is 0 Å². The molecule has 8 nitrogen and oxygen atoms in total. The molecule has 8 heteroatoms. The topological polar surface area (TPSA) is 121 Å². The van der Waals surface area contributed by atoms with E-state index in [-0.39, 0.29) is 24.1 Å². The fourth-order valence-electron chi connectivity index (χ4n) is 2.83. The van der Waals surface area contributed by atoms with Crippen molar-refractivity contribution in [2.24, 2.45) is 5.73 Å². The SMILES string of the molecule is NC(=O)c1cccnc1N[C@@H]1CCN(C(=O)c2ccccn2)C[C@H]1O. The number of anilines is 1. The first kappa shape index (κ1) is 16.8. The van der Waals surface area contributed by atoms with Gasteiger partial charge in [-0.15, -0.1) is 0 Å². The normalized spacial score (nSPS) is 20.1. The van der Waals surface area contributed by atoms with Gasteiger partial charge in [-0.1, -0.05) is 6.07 Å². The molecular formula is C17H19N5O3. The van der Waals surface area contributed by atoms with Gasteiger partial charge in [-0.25, -0.2) is 4.98 Å². The first-order valence-corrected chi connectivity index (χ1v) is 7.96. The summed E-state index contributed by atoms with van der Waals surface area (Å²) in [5.74, 6) is -0.467. The lowest BCUT2D eigenvalue weighted by molar-refractivity contribution is 0.0421. The molecule has 1 aliphatic heterocycles. The Labute approximate surface area is 144 Å². The van der Waals surface area contributed by atoms with Gasteiger partial charge in [0.05, 0.1) is 17.7 Å². The van der Waals surface area contributed by atoms with E-state index in [1.165, 1.54) is 0 Å². The number of nitrogens with two attached hydrogens (primary N) is 1. The van der Waals surface area contributed by atoms with Gasteiger partial charge in [0.2, 0.25) is 0 Å². The van der Waals surface area contributed by atoms with E-state index >= 15 is 0 Å². The lowest BCUT2D eigenvalue weighted by Crippen LogP contribution is -2.52. The molecule has 1 saturated heterocycles. The third-order valence-electron chi connectivity index (χ3n) is 4.15. The molecule has 0 aromatic carbocycles. The standard InChI is InChI=1S/C17H19N5O3/c18-15(24)11-4-3-8-20-16(11)21-12-6-9-22(10-14(12)23)17(25)13-5-1-2-7-19-13/h1-5,7-8,12,14,23H,6,9-10H2,(H2,18,24)(H,20,21)/t12-,14-/m1/s1. The van der Waals surface area contributed by atoms with Crippen molar-refractivity contribution < 1.29 is 14.7 Å². The van der Waals surface area contributed by atoms with Gasteiger partial charge in [0, 0.05) is 25.5 Å². The van der Waals surface area contributed by atoms with Crippen molar-refractivity contribution in [1.29, 1.82) is 0 Å². The second-order valence-corrected chi connectivity index (χ2v) is 5.84. The Morgan fingerprint density at radius 3 is 2.68 bits per heavy atom. The number of pyridine rings is 2. The molecule has 1 fully saturated rings. The quantitative estimate of drug-likeness (QED) is 0.733. The number of piperidine rings is 1. The molecule has 3 rings (SSSR count). The second-order valence-electron chi connectivity index (χ2n) is 5.84. The molecule has 2 aromatic heterocycles. The predicted octanol–water partition coefficient (Wildman–Crippen LogP) is 0.263. The molecule has 0 radical (unpaired) electrons. The van der Waals surface area contributed by atoms with Crippen molar-refractivity contribution in [3.05, 3.63) is 54.0 Å². The van der Waals surface area contributed by atoms with Crippen molar-refractivity contribution in [2.45, 2.75) is 18.6 Å². The van der Waals surface area contributed by atoms with E-state index in [1.807, 2.05) is 0 Å². The van der Waals surface area contributed by atoms with Crippen LogP contribution in [0.4, 0.5) is 5.82 Å². The Hall–Kier alpha value is -3.00. The Bertz CT molecular complexity index is 768. The highest BCUT2D eigenvalue weighted by Gasteiger charge is 2.31. The summed E-state index contributed by atoms with van der Waals surface area (Å²) in [5.41, 5.74) is 5.95. The molecule has 3 heterocycles. The highest BCUT2D eigenvalue weighted by molar-refractivity contribution is 5.97. The van der Waals surface area contributed by atoms with Gasteiger partial charge in [0.25, 0.3) is 11.8 Å². The summed E-state index contributed by atoms with van der Waals surface area (Å²) in [7, 11) is 0. The van der Waals surface area contributed by atoms with Gasteiger partial charge >= 0.3 is 0 Å². The number of aromatic nitrogens is 2. The number of primary amides is 1. The molecule has 130 valence electrons. The molecule has 0 unspecified atom stereocenters. The zero-order valence-corrected chi connectivity index (χ0v) is 13.5. The largest absolute Gasteiger partial charge is 0.389 e. The van der Waals surface area contributed by atoms with Gasteiger partial charge in [-0.05, 0) is 30.7 Å². The maximum Gasteiger partial charge on any atom is 0.272 e. The van der Waals surface area contributed by atoms with Crippen LogP contribution in [-0.2, 0) is 0 Å². The molecule has 0 bridgehead atoms. The molecule has 4 N–H and O–H groups in total. The van der Waals surface area contributed by atoms with E-state index in [0.717, 1.165) is 0 Å². The minimum Gasteiger partial charge on any atom is -0.389 e. The molecule has 1 aliphatic rings. The van der Waals surface area contributed by atoms with Crippen molar-refractivity contribution in [2.75, 3.05) is 18.4 Å². The number of rotatable bonds is 4. The van der Waals surface area contributed by atoms with Crippen LogP contribution in [0.25, 0.3) is 0 Å². The predicted molar refractivity (Wildman–Crippen MR) is 90.9 cm³/mol. The third-order valence-corrected chi connectivity index (χ3v) is 4.15. The van der Waals surface area contributed by atoms with Crippen molar-refractivity contribution in [3.8, 4) is 0 Å². The second kappa shape index (κ2) is 7.27. The third kappa shape index (κ3) is 3.74. The van der Waals surface area contributed by atoms with Crippen molar-refractivity contribution in [3.63, 3.8) is 0 Å². The van der Waals surface area contributed by atoms with E-state index in [1.54, 1.807) is 47.6 Å². The minimum atomic E-state index is -0.802. The molecular weight excluding hydrogens is 322 g/mol. The number of carbonyl (C=O) groups is 2. The van der Waals surface area contributed by atoms with Gasteiger partial charge in [-0.3, -0.25) is 14.6 Å². The van der Waals surface area contributed by atoms with E-state index in [9.17, 15) is 14.7 Å². The lowest BCUT2D eigenvalue weighted by Gasteiger charge is -2.36. The number of carbonyl (C=O) groups excluding carboxylic acids is 2. The van der Waals surface area contributed by atoms with Crippen LogP contribution in [0.2, 0.25) is 0 Å². The number of aliphatic hydroxyl groups is 1. The maximum atomic E-state index is 12.4. The summed E-state index contributed by atoms with van der Waals surface area (Å²) in [6.07, 6.45) is 2.81. The molecule has 2 atom stereocenters. The molecule has 25 heavy (non-hydrogen) atoms. The van der Waals surface area contributed by atoms with Crippen LogP contribution in [-0.4, -0.2) is 57.0 Å². The lowest BCUT2D eigenvalue weighted by atomic mass is 10.0. The number of likely N-dealkylation sites (tertiary alicyclic amines) is 1. The number of β-amino-alcohol motifs (C(OH)–C–C–N with tert-alkyl or cyclic N) is 1. The smallest absolute Gasteiger partial charge is 0.272 e. The van der Waals surface area contributed by atoms with Crippen LogP contribution >= 0.6 is 0 Å². The summed E-state index contributed by atoms with van der Waals surface area (Å²) < 4.78 is 0. The zero-order valence-electron chi connectivity index (χ0n) is 13.5. The first-order chi connectivity index (χ1) is 12.1. The van der Waals surface area contributed by atoms with E-state index in [4.69, 9.17) is 5.73 Å². The summed E-state index contributed by atoms with van der Waals surface area (Å²) >= 11 is 0. The van der Waals surface area contributed by atoms with Crippen LogP contribution in [0.5, 0.6) is 0 Å². The Morgan fingerprint density at radius 1 is 1.20 bits per heavy atom. The Morgan fingerprint density at radius 2 is 2.00 bits per heavy atom. The van der Waals surface area contributed by atoms with E-state index < -0.39 is 12.0 Å². The van der Waals surface area contributed by atoms with E-state index in [2.05, 4.69) is 15.3 Å². The number of hydrogen-bond acceptors (Lipinski definition) is 6. The number of aliphatic hydroxyl groups excluding tert-OH is 1. The number of hydrogen-bond donors (Lipinski definition) is 3. The zero-order chi connectivity index (χ0) is 17.8. The summed E-state index contributed by atoms with van der Waals surface area (Å²) in [4.78, 5) is 33.6. The molecule has 2 aromatic rings. The number of nitrogens with zero attached hydrogens (tertiary/aromatic N) is 3. The Balaban J connectivity index is 1.67. The number of amides is 2. The van der Waals surface area contributed by atoms with Gasteiger partial charge in [0.1, 0.15) is 11.5 Å². The Kier molecular flexibility index (Phi) is 4.90. The summed E-state index contributed by atoms with van der Waals surface area (Å²) in [6, 6.07) is 7.99. The van der Waals surface area contributed by atoms with Gasteiger partial charge < -0.3 is 21.1 Å². The summed E-state index contributed by atoms with van der Waals surface area (Å²) in [5, 5.41) is 13.5. The van der Waals surface area contributed by atoms with Crippen LogP contribution in [0.15, 0.2) is 42.7 Å². The van der Waals surface area contributed by atoms with Gasteiger partial charge in [-0.2, -0.15) is 0 Å². The number of nitrogens with one attached hydrogen (secondary N) is 1. The molecule has 2 amide bonds. The highest BCUT2D eigenvalue weighted by Crippen LogP contribution is 2.19. The van der Waals surface area contributed by atoms with Crippen LogP contribution in [0, 0.1) is 0 Å². The molecule has 0 spiro atoms. The van der Waals surface area contributed by atoms with Crippen LogP contribution in [0.3, 0.4) is 0 Å². The molecule has 0 aliphatic carbocycles. The fourth-order valence-corrected chi connectivity index (χ4v) is 2.83. The first-order valence-electron chi connectivity index (χ1n) is 7.96. The highest BCUT2D eigenvalue weighted by atomic mass is 16.3. The minimum absolute atomic E-state index is 0.172. The molecule has 0 saturated carbocycles. The van der Waals surface area contributed by atoms with Crippen molar-refractivity contribution >= 4 is 17.6 Å². The maximum absolute atomic E-state index is 12.4. The van der Waals surface area contributed by atoms with Crippen LogP contribution in [0.1, 0.15) is 27.3 Å².